The molecule has 11 heteroatoms. The van der Waals surface area contributed by atoms with Crippen LogP contribution < -0.4 is 29.7 Å². The summed E-state index contributed by atoms with van der Waals surface area (Å²) in [4.78, 5) is 15.8. The van der Waals surface area contributed by atoms with Crippen molar-refractivity contribution < 1.29 is 24.1 Å². The fourth-order valence-corrected chi connectivity index (χ4v) is 4.18. The molecule has 5 rings (SSSR count). The number of morpholine rings is 1. The maximum absolute atomic E-state index is 9.83. The molecule has 0 atom stereocenters. The molecular formula is C29H32N6O5. The molecule has 1 aliphatic heterocycles. The van der Waals surface area contributed by atoms with Gasteiger partial charge in [0.25, 0.3) is 0 Å². The monoisotopic (exact) mass is 544 g/mol. The highest BCUT2D eigenvalue weighted by Crippen LogP contribution is 2.29. The van der Waals surface area contributed by atoms with E-state index in [0.717, 1.165) is 28.4 Å². The summed E-state index contributed by atoms with van der Waals surface area (Å²) in [7, 11) is 3.17. The van der Waals surface area contributed by atoms with Crippen molar-refractivity contribution >= 4 is 29.0 Å². The van der Waals surface area contributed by atoms with E-state index in [9.17, 15) is 5.11 Å². The van der Waals surface area contributed by atoms with Crippen molar-refractivity contribution in [1.29, 1.82) is 0 Å². The van der Waals surface area contributed by atoms with Crippen molar-refractivity contribution in [3.8, 4) is 23.3 Å². The van der Waals surface area contributed by atoms with Crippen molar-refractivity contribution in [3.63, 3.8) is 0 Å². The average Bonchev–Trinajstić information content (AvgIpc) is 2.99. The van der Waals surface area contributed by atoms with E-state index in [1.54, 1.807) is 19.2 Å². The maximum Gasteiger partial charge on any atom is 0.323 e. The van der Waals surface area contributed by atoms with Crippen LogP contribution in [-0.2, 0) is 11.2 Å². The van der Waals surface area contributed by atoms with Gasteiger partial charge in [-0.3, -0.25) is 0 Å². The molecule has 2 heterocycles. The maximum atomic E-state index is 9.83. The Kier molecular flexibility index (Phi) is 8.62. The molecule has 0 radical (unpaired) electrons. The second-order valence-electron chi connectivity index (χ2n) is 8.97. The van der Waals surface area contributed by atoms with Crippen LogP contribution >= 0.6 is 0 Å². The SMILES string of the molecule is COc1cc(CCOc2nc(Nc3ccc(Nc4ccccc4OC)cc3)nc(N3CCOCC3)n2)ccc1O. The fourth-order valence-electron chi connectivity index (χ4n) is 4.18. The molecule has 208 valence electrons. The van der Waals surface area contributed by atoms with Crippen LogP contribution in [0.1, 0.15) is 5.56 Å². The number of para-hydroxylation sites is 2. The van der Waals surface area contributed by atoms with Gasteiger partial charge in [-0.05, 0) is 54.1 Å². The van der Waals surface area contributed by atoms with E-state index in [0.29, 0.717) is 57.0 Å². The first kappa shape index (κ1) is 26.8. The van der Waals surface area contributed by atoms with E-state index in [4.69, 9.17) is 18.9 Å². The van der Waals surface area contributed by atoms with Crippen LogP contribution in [0.4, 0.5) is 29.0 Å². The van der Waals surface area contributed by atoms with E-state index in [1.807, 2.05) is 59.5 Å². The van der Waals surface area contributed by atoms with Gasteiger partial charge in [0.15, 0.2) is 11.5 Å². The molecule has 3 aromatic carbocycles. The van der Waals surface area contributed by atoms with Crippen LogP contribution in [0.3, 0.4) is 0 Å². The highest BCUT2D eigenvalue weighted by Gasteiger charge is 2.17. The minimum Gasteiger partial charge on any atom is -0.504 e. The van der Waals surface area contributed by atoms with Gasteiger partial charge in [-0.15, -0.1) is 0 Å². The molecule has 3 N–H and O–H groups in total. The molecule has 0 saturated carbocycles. The standard InChI is InChI=1S/C29H32N6O5/c1-37-25-6-4-3-5-23(25)30-21-8-10-22(11-9-21)31-27-32-28(35-14-17-39-18-15-35)34-29(33-27)40-16-13-20-7-12-24(36)26(19-20)38-2/h3-12,19,30,36H,13-18H2,1-2H3,(H,31,32,33,34). The van der Waals surface area contributed by atoms with Crippen LogP contribution in [0.5, 0.6) is 23.3 Å². The van der Waals surface area contributed by atoms with E-state index in [2.05, 4.69) is 25.6 Å². The number of aromatic nitrogens is 3. The van der Waals surface area contributed by atoms with Crippen molar-refractivity contribution in [2.24, 2.45) is 0 Å². The van der Waals surface area contributed by atoms with Crippen molar-refractivity contribution in [2.75, 3.05) is 62.7 Å². The largest absolute Gasteiger partial charge is 0.504 e. The van der Waals surface area contributed by atoms with Gasteiger partial charge in [0, 0.05) is 30.9 Å². The Morgan fingerprint density at radius 1 is 0.850 bits per heavy atom. The Balaban J connectivity index is 1.29. The van der Waals surface area contributed by atoms with Gasteiger partial charge < -0.3 is 39.6 Å². The summed E-state index contributed by atoms with van der Waals surface area (Å²) in [5.41, 5.74) is 3.56. The van der Waals surface area contributed by atoms with Crippen LogP contribution in [0.2, 0.25) is 0 Å². The number of methoxy groups -OCH3 is 2. The smallest absolute Gasteiger partial charge is 0.323 e. The zero-order valence-electron chi connectivity index (χ0n) is 22.5. The van der Waals surface area contributed by atoms with Crippen molar-refractivity contribution in [1.82, 2.24) is 15.0 Å². The number of hydrogen-bond acceptors (Lipinski definition) is 11. The second-order valence-corrected chi connectivity index (χ2v) is 8.97. The summed E-state index contributed by atoms with van der Waals surface area (Å²) in [5, 5.41) is 16.5. The number of phenolic OH excluding ortho intramolecular Hbond substituents is 1. The number of hydrogen-bond donors (Lipinski definition) is 3. The minimum atomic E-state index is 0.0964. The Bertz CT molecular complexity index is 1410. The van der Waals surface area contributed by atoms with Gasteiger partial charge in [-0.25, -0.2) is 0 Å². The number of benzene rings is 3. The molecular weight excluding hydrogens is 512 g/mol. The highest BCUT2D eigenvalue weighted by molar-refractivity contribution is 5.68. The van der Waals surface area contributed by atoms with E-state index in [1.165, 1.54) is 7.11 Å². The molecule has 0 bridgehead atoms. The lowest BCUT2D eigenvalue weighted by molar-refractivity contribution is 0.122. The normalized spacial score (nSPS) is 13.0. The van der Waals surface area contributed by atoms with Gasteiger partial charge >= 0.3 is 6.01 Å². The topological polar surface area (TPSA) is 123 Å². The predicted octanol–water partition coefficient (Wildman–Crippen LogP) is 4.54. The lowest BCUT2D eigenvalue weighted by atomic mass is 10.1. The average molecular weight is 545 g/mol. The molecule has 1 fully saturated rings. The zero-order chi connectivity index (χ0) is 27.7. The first-order valence-corrected chi connectivity index (χ1v) is 13.0. The third-order valence-electron chi connectivity index (χ3n) is 6.29. The zero-order valence-corrected chi connectivity index (χ0v) is 22.5. The van der Waals surface area contributed by atoms with Gasteiger partial charge in [-0.1, -0.05) is 18.2 Å². The molecule has 1 saturated heterocycles. The van der Waals surface area contributed by atoms with Crippen LogP contribution in [0.15, 0.2) is 66.7 Å². The fraction of sp³-hybridized carbons (Fsp3) is 0.276. The second kappa shape index (κ2) is 12.9. The molecule has 4 aromatic rings. The summed E-state index contributed by atoms with van der Waals surface area (Å²) in [6.07, 6.45) is 0.582. The summed E-state index contributed by atoms with van der Waals surface area (Å²) in [6.45, 7) is 2.91. The molecule has 0 spiro atoms. The number of rotatable bonds is 11. The number of anilines is 5. The van der Waals surface area contributed by atoms with Crippen LogP contribution in [0, 0.1) is 0 Å². The molecule has 40 heavy (non-hydrogen) atoms. The van der Waals surface area contributed by atoms with Crippen LogP contribution in [0.25, 0.3) is 0 Å². The first-order chi connectivity index (χ1) is 19.6. The summed E-state index contributed by atoms with van der Waals surface area (Å²) < 4.78 is 22.1. The lowest BCUT2D eigenvalue weighted by Crippen LogP contribution is -2.37. The highest BCUT2D eigenvalue weighted by atomic mass is 16.5. The molecule has 11 nitrogen and oxygen atoms in total. The van der Waals surface area contributed by atoms with Gasteiger partial charge in [0.05, 0.1) is 39.7 Å². The van der Waals surface area contributed by atoms with E-state index in [-0.39, 0.29) is 11.8 Å². The number of phenols is 1. The third-order valence-corrected chi connectivity index (χ3v) is 6.29. The van der Waals surface area contributed by atoms with Crippen molar-refractivity contribution in [3.05, 3.63) is 72.3 Å². The molecule has 1 aliphatic rings. The first-order valence-electron chi connectivity index (χ1n) is 13.0. The summed E-state index contributed by atoms with van der Waals surface area (Å²) in [6, 6.07) is 21.0. The van der Waals surface area contributed by atoms with Gasteiger partial charge in [0.1, 0.15) is 5.75 Å². The number of ether oxygens (including phenoxy) is 4. The molecule has 0 amide bonds. The Hall–Kier alpha value is -4.77. The van der Waals surface area contributed by atoms with Gasteiger partial charge in [0.2, 0.25) is 11.9 Å². The van der Waals surface area contributed by atoms with E-state index >= 15 is 0 Å². The number of aromatic hydroxyl groups is 1. The minimum absolute atomic E-state index is 0.0964. The quantitative estimate of drug-likeness (QED) is 0.247. The Labute approximate surface area is 232 Å². The van der Waals surface area contributed by atoms with Crippen molar-refractivity contribution in [2.45, 2.75) is 6.42 Å². The third kappa shape index (κ3) is 6.80. The Morgan fingerprint density at radius 2 is 1.57 bits per heavy atom. The summed E-state index contributed by atoms with van der Waals surface area (Å²) in [5.74, 6) is 2.18. The van der Waals surface area contributed by atoms with Crippen LogP contribution in [-0.4, -0.2) is 67.2 Å². The number of nitrogens with one attached hydrogen (secondary N) is 2. The van der Waals surface area contributed by atoms with Gasteiger partial charge in [-0.2, -0.15) is 15.0 Å². The molecule has 0 unspecified atom stereocenters. The lowest BCUT2D eigenvalue weighted by Gasteiger charge is -2.27. The molecule has 1 aromatic heterocycles. The number of nitrogens with zero attached hydrogens (tertiary/aromatic N) is 4. The predicted molar refractivity (Wildman–Crippen MR) is 153 cm³/mol. The summed E-state index contributed by atoms with van der Waals surface area (Å²) >= 11 is 0. The molecule has 0 aliphatic carbocycles. The Morgan fingerprint density at radius 3 is 2.33 bits per heavy atom. The van der Waals surface area contributed by atoms with E-state index < -0.39 is 0 Å².